The Morgan fingerprint density at radius 3 is 2.08 bits per heavy atom. The molecule has 1 heterocycles. The Labute approximate surface area is 144 Å². The van der Waals surface area contributed by atoms with Crippen molar-refractivity contribution >= 4 is 11.4 Å². The molecule has 24 heavy (non-hydrogen) atoms. The van der Waals surface area contributed by atoms with Crippen LogP contribution in [0, 0.1) is 6.67 Å². The zero-order chi connectivity index (χ0) is 17.1. The van der Waals surface area contributed by atoms with E-state index >= 15 is 0 Å². The van der Waals surface area contributed by atoms with Crippen LogP contribution in [-0.4, -0.2) is 30.8 Å². The first-order valence-electron chi connectivity index (χ1n) is 8.51. The Balaban J connectivity index is 2.02. The molecule has 2 aromatic rings. The molecule has 0 bridgehead atoms. The minimum Gasteiger partial charge on any atom is -0.389 e. The summed E-state index contributed by atoms with van der Waals surface area (Å²) in [5.74, 6) is 0. The molecule has 1 radical (unpaired) electrons. The maximum atomic E-state index is 10.8. The highest BCUT2D eigenvalue weighted by Crippen LogP contribution is 2.44. The first kappa shape index (κ1) is 16.8. The molecule has 1 aliphatic rings. The van der Waals surface area contributed by atoms with E-state index in [9.17, 15) is 5.11 Å². The lowest BCUT2D eigenvalue weighted by atomic mass is 9.99. The number of hydrogen-bond acceptors (Lipinski definition) is 4. The van der Waals surface area contributed by atoms with Crippen molar-refractivity contribution in [1.82, 2.24) is 5.32 Å². The van der Waals surface area contributed by atoms with E-state index in [2.05, 4.69) is 72.0 Å². The van der Waals surface area contributed by atoms with Crippen molar-refractivity contribution < 1.29 is 5.11 Å². The van der Waals surface area contributed by atoms with Gasteiger partial charge >= 0.3 is 0 Å². The Hall–Kier alpha value is -2.04. The molecule has 0 amide bonds. The quantitative estimate of drug-likeness (QED) is 0.856. The van der Waals surface area contributed by atoms with Crippen LogP contribution >= 0.6 is 0 Å². The second kappa shape index (κ2) is 7.24. The molecule has 1 aliphatic heterocycles. The van der Waals surface area contributed by atoms with Crippen molar-refractivity contribution in [3.8, 4) is 0 Å². The lowest BCUT2D eigenvalue weighted by Gasteiger charge is -2.34. The molecule has 4 nitrogen and oxygen atoms in total. The van der Waals surface area contributed by atoms with Gasteiger partial charge in [-0.25, -0.2) is 0 Å². The number of para-hydroxylation sites is 2. The molecule has 0 fully saturated rings. The highest BCUT2D eigenvalue weighted by molar-refractivity contribution is 5.79. The number of aliphatic hydroxyl groups is 1. The summed E-state index contributed by atoms with van der Waals surface area (Å²) in [6, 6.07) is 18.8. The van der Waals surface area contributed by atoms with Crippen LogP contribution in [-0.2, 0) is 0 Å². The highest BCUT2D eigenvalue weighted by atomic mass is 16.3. The smallest absolute Gasteiger partial charge is 0.143 e. The van der Waals surface area contributed by atoms with Gasteiger partial charge in [0.05, 0.1) is 23.5 Å². The van der Waals surface area contributed by atoms with Crippen LogP contribution in [0.5, 0.6) is 0 Å². The van der Waals surface area contributed by atoms with Crippen molar-refractivity contribution in [3.05, 3.63) is 66.8 Å². The van der Waals surface area contributed by atoms with E-state index in [0.717, 1.165) is 11.3 Å². The van der Waals surface area contributed by atoms with Crippen LogP contribution in [0.1, 0.15) is 25.5 Å². The number of likely N-dealkylation sites (N-methyl/N-ethyl adjacent to an activating group) is 1. The Morgan fingerprint density at radius 1 is 0.917 bits per heavy atom. The summed E-state index contributed by atoms with van der Waals surface area (Å²) in [5.41, 5.74) is 3.43. The molecule has 2 atom stereocenters. The summed E-state index contributed by atoms with van der Waals surface area (Å²) in [4.78, 5) is 4.46. The number of anilines is 2. The molecule has 2 unspecified atom stereocenters. The van der Waals surface area contributed by atoms with E-state index in [0.29, 0.717) is 12.6 Å². The standard InChI is InChI=1S/C20H26N3O/c1-15(2)22-14-23(18-12-8-7-11-17(18)22)20(19(24)13-21-3)16-9-5-4-6-10-16/h4-12,14-15,19-21,24H,13H2,1-3H3. The highest BCUT2D eigenvalue weighted by Gasteiger charge is 2.36. The van der Waals surface area contributed by atoms with E-state index in [-0.39, 0.29) is 6.04 Å². The van der Waals surface area contributed by atoms with Crippen LogP contribution in [0.2, 0.25) is 0 Å². The van der Waals surface area contributed by atoms with Crippen molar-refractivity contribution in [2.45, 2.75) is 32.0 Å². The Bertz CT molecular complexity index is 659. The van der Waals surface area contributed by atoms with Gasteiger partial charge in [-0.1, -0.05) is 42.5 Å². The summed E-state index contributed by atoms with van der Waals surface area (Å²) < 4.78 is 0. The van der Waals surface area contributed by atoms with Crippen LogP contribution < -0.4 is 15.1 Å². The second-order valence-electron chi connectivity index (χ2n) is 6.49. The molecule has 3 rings (SSSR count). The van der Waals surface area contributed by atoms with Crippen LogP contribution in [0.25, 0.3) is 0 Å². The van der Waals surface area contributed by atoms with Crippen molar-refractivity contribution in [3.63, 3.8) is 0 Å². The third-order valence-corrected chi connectivity index (χ3v) is 4.46. The summed E-state index contributed by atoms with van der Waals surface area (Å²) in [7, 11) is 1.87. The molecule has 0 spiro atoms. The molecule has 0 aromatic heterocycles. The zero-order valence-corrected chi connectivity index (χ0v) is 14.6. The van der Waals surface area contributed by atoms with Crippen molar-refractivity contribution in [1.29, 1.82) is 0 Å². The van der Waals surface area contributed by atoms with Crippen molar-refractivity contribution in [2.75, 3.05) is 23.4 Å². The van der Waals surface area contributed by atoms with Gasteiger partial charge in [0.2, 0.25) is 0 Å². The Morgan fingerprint density at radius 2 is 1.50 bits per heavy atom. The molecular weight excluding hydrogens is 298 g/mol. The van der Waals surface area contributed by atoms with Crippen LogP contribution in [0.3, 0.4) is 0 Å². The van der Waals surface area contributed by atoms with Gasteiger partial charge in [0.1, 0.15) is 6.67 Å². The number of nitrogens with zero attached hydrogens (tertiary/aromatic N) is 2. The summed E-state index contributed by atoms with van der Waals surface area (Å²) in [5, 5.41) is 13.9. The fourth-order valence-corrected chi connectivity index (χ4v) is 3.33. The third-order valence-electron chi connectivity index (χ3n) is 4.46. The summed E-state index contributed by atoms with van der Waals surface area (Å²) in [6.45, 7) is 7.02. The predicted molar refractivity (Wildman–Crippen MR) is 100.0 cm³/mol. The number of aliphatic hydroxyl groups excluding tert-OH is 1. The van der Waals surface area contributed by atoms with Gasteiger partial charge in [0.25, 0.3) is 0 Å². The second-order valence-corrected chi connectivity index (χ2v) is 6.49. The minimum atomic E-state index is -0.520. The molecule has 127 valence electrons. The fourth-order valence-electron chi connectivity index (χ4n) is 3.33. The lowest BCUT2D eigenvalue weighted by Crippen LogP contribution is -2.41. The number of rotatable bonds is 6. The number of hydrogen-bond donors (Lipinski definition) is 2. The number of fused-ring (bicyclic) bond motifs is 1. The monoisotopic (exact) mass is 324 g/mol. The molecule has 0 saturated carbocycles. The third kappa shape index (κ3) is 3.12. The normalized spacial score (nSPS) is 16.4. The van der Waals surface area contributed by atoms with Gasteiger partial charge in [-0.3, -0.25) is 0 Å². The minimum absolute atomic E-state index is 0.136. The molecule has 0 saturated heterocycles. The summed E-state index contributed by atoms with van der Waals surface area (Å²) in [6.07, 6.45) is -0.520. The van der Waals surface area contributed by atoms with Gasteiger partial charge < -0.3 is 20.2 Å². The lowest BCUT2D eigenvalue weighted by molar-refractivity contribution is 0.143. The largest absolute Gasteiger partial charge is 0.389 e. The van der Waals surface area contributed by atoms with Crippen molar-refractivity contribution in [2.24, 2.45) is 0 Å². The topological polar surface area (TPSA) is 38.7 Å². The van der Waals surface area contributed by atoms with Crippen LogP contribution in [0.15, 0.2) is 54.6 Å². The van der Waals surface area contributed by atoms with E-state index in [4.69, 9.17) is 0 Å². The maximum absolute atomic E-state index is 10.8. The number of benzene rings is 2. The average molecular weight is 324 g/mol. The van der Waals surface area contributed by atoms with Gasteiger partial charge in [-0.05, 0) is 38.6 Å². The maximum Gasteiger partial charge on any atom is 0.143 e. The van der Waals surface area contributed by atoms with Gasteiger partial charge in [-0.15, -0.1) is 0 Å². The molecule has 2 aromatic carbocycles. The predicted octanol–water partition coefficient (Wildman–Crippen LogP) is 3.16. The summed E-state index contributed by atoms with van der Waals surface area (Å²) >= 11 is 0. The van der Waals surface area contributed by atoms with Gasteiger partial charge in [0.15, 0.2) is 0 Å². The number of nitrogens with one attached hydrogen (secondary N) is 1. The molecule has 4 heteroatoms. The molecule has 2 N–H and O–H groups in total. The van der Waals surface area contributed by atoms with Crippen LogP contribution in [0.4, 0.5) is 11.4 Å². The Kier molecular flexibility index (Phi) is 5.07. The van der Waals surface area contributed by atoms with E-state index in [1.807, 2.05) is 25.2 Å². The molecule has 0 aliphatic carbocycles. The first-order valence-corrected chi connectivity index (χ1v) is 8.51. The van der Waals surface area contributed by atoms with E-state index in [1.165, 1.54) is 5.69 Å². The molecular formula is C20H26N3O. The zero-order valence-electron chi connectivity index (χ0n) is 14.6. The SMILES string of the molecule is CNCC(O)C(c1ccccc1)N1[CH]N(C(C)C)c2ccccc21. The van der Waals surface area contributed by atoms with E-state index < -0.39 is 6.10 Å². The average Bonchev–Trinajstić information content (AvgIpc) is 2.96. The van der Waals surface area contributed by atoms with Gasteiger partial charge in [0, 0.05) is 12.6 Å². The van der Waals surface area contributed by atoms with E-state index in [1.54, 1.807) is 0 Å². The fraction of sp³-hybridized carbons (Fsp3) is 0.350. The van der Waals surface area contributed by atoms with Gasteiger partial charge in [-0.2, -0.15) is 0 Å². The first-order chi connectivity index (χ1) is 11.6.